The molecule has 0 spiro atoms. The fourth-order valence-electron chi connectivity index (χ4n) is 2.29. The van der Waals surface area contributed by atoms with E-state index >= 15 is 0 Å². The van der Waals surface area contributed by atoms with Crippen LogP contribution in [-0.4, -0.2) is 28.9 Å². The quantitative estimate of drug-likeness (QED) is 0.433. The lowest BCUT2D eigenvalue weighted by atomic mass is 10.1. The number of hydrogen-bond acceptors (Lipinski definition) is 4. The molecule has 2 aromatic rings. The normalized spacial score (nSPS) is 12.2. The van der Waals surface area contributed by atoms with Crippen molar-refractivity contribution in [3.8, 4) is 0 Å². The highest BCUT2D eigenvalue weighted by atomic mass is 35.6. The van der Waals surface area contributed by atoms with Crippen molar-refractivity contribution in [1.82, 2.24) is 5.32 Å². The zero-order chi connectivity index (χ0) is 19.3. The molecular formula is C18H17Cl3N2O3. The van der Waals surface area contributed by atoms with Crippen LogP contribution in [0.3, 0.4) is 0 Å². The maximum atomic E-state index is 12.6. The van der Waals surface area contributed by atoms with Gasteiger partial charge in [-0.3, -0.25) is 4.79 Å². The number of hydrogen-bond donors (Lipinski definition) is 2. The summed E-state index contributed by atoms with van der Waals surface area (Å²) in [6.45, 7) is 1.80. The largest absolute Gasteiger partial charge is 0.465 e. The maximum absolute atomic E-state index is 12.6. The van der Waals surface area contributed by atoms with Crippen molar-refractivity contribution in [3.63, 3.8) is 0 Å². The van der Waals surface area contributed by atoms with Crippen molar-refractivity contribution < 1.29 is 14.3 Å². The highest BCUT2D eigenvalue weighted by Gasteiger charge is 2.35. The molecule has 5 nitrogen and oxygen atoms in total. The minimum Gasteiger partial charge on any atom is -0.465 e. The molecule has 0 fully saturated rings. The summed E-state index contributed by atoms with van der Waals surface area (Å²) in [7, 11) is 1.27. The Bertz CT molecular complexity index is 806. The second-order valence-electron chi connectivity index (χ2n) is 5.44. The predicted octanol–water partition coefficient (Wildman–Crippen LogP) is 4.32. The number of halogens is 3. The highest BCUT2D eigenvalue weighted by Crippen LogP contribution is 2.32. The molecule has 0 saturated heterocycles. The summed E-state index contributed by atoms with van der Waals surface area (Å²) in [6.07, 6.45) is -1.09. The second-order valence-corrected chi connectivity index (χ2v) is 7.81. The molecule has 2 rings (SSSR count). The Morgan fingerprint density at radius 2 is 1.58 bits per heavy atom. The van der Waals surface area contributed by atoms with Crippen LogP contribution in [0.5, 0.6) is 0 Å². The molecule has 0 aliphatic heterocycles. The van der Waals surface area contributed by atoms with Gasteiger partial charge in [-0.2, -0.15) is 0 Å². The van der Waals surface area contributed by atoms with E-state index in [-0.39, 0.29) is 5.56 Å². The average Bonchev–Trinajstić information content (AvgIpc) is 2.60. The summed E-state index contributed by atoms with van der Waals surface area (Å²) in [6, 6.07) is 13.6. The number of benzene rings is 2. The van der Waals surface area contributed by atoms with E-state index in [9.17, 15) is 9.59 Å². The van der Waals surface area contributed by atoms with Crippen molar-refractivity contribution in [2.45, 2.75) is 16.9 Å². The van der Waals surface area contributed by atoms with Gasteiger partial charge >= 0.3 is 5.97 Å². The standard InChI is InChI=1S/C18H17Cl3N2O3/c1-11-7-3-4-8-12(11)15(24)23-17(18(19,20)21)22-14-10-6-5-9-13(14)16(25)26-2/h3-10,17,22H,1-2H3,(H,23,24)/t17-/m1/s1. The van der Waals surface area contributed by atoms with Crippen LogP contribution in [0.25, 0.3) is 0 Å². The molecular weight excluding hydrogens is 399 g/mol. The van der Waals surface area contributed by atoms with Gasteiger partial charge in [0.05, 0.1) is 18.4 Å². The number of rotatable bonds is 5. The number of alkyl halides is 3. The van der Waals surface area contributed by atoms with Crippen LogP contribution < -0.4 is 10.6 Å². The van der Waals surface area contributed by atoms with Crippen LogP contribution in [0.2, 0.25) is 0 Å². The highest BCUT2D eigenvalue weighted by molar-refractivity contribution is 6.68. The maximum Gasteiger partial charge on any atom is 0.339 e. The van der Waals surface area contributed by atoms with Gasteiger partial charge in [0, 0.05) is 5.56 Å². The fraction of sp³-hybridized carbons (Fsp3) is 0.222. The molecule has 138 valence electrons. The number of para-hydroxylation sites is 1. The molecule has 2 N–H and O–H groups in total. The number of ether oxygens (including phenoxy) is 1. The Morgan fingerprint density at radius 3 is 2.15 bits per heavy atom. The van der Waals surface area contributed by atoms with Crippen molar-refractivity contribution in [3.05, 3.63) is 65.2 Å². The Balaban J connectivity index is 2.29. The molecule has 0 unspecified atom stereocenters. The zero-order valence-corrected chi connectivity index (χ0v) is 16.3. The summed E-state index contributed by atoms with van der Waals surface area (Å²) in [5.74, 6) is -0.969. The van der Waals surface area contributed by atoms with Gasteiger partial charge in [0.1, 0.15) is 6.17 Å². The van der Waals surface area contributed by atoms with Crippen LogP contribution in [-0.2, 0) is 4.74 Å². The van der Waals surface area contributed by atoms with Crippen LogP contribution in [0.4, 0.5) is 5.69 Å². The molecule has 2 aromatic carbocycles. The Labute approximate surface area is 166 Å². The molecule has 26 heavy (non-hydrogen) atoms. The monoisotopic (exact) mass is 414 g/mol. The predicted molar refractivity (Wildman–Crippen MR) is 104 cm³/mol. The molecule has 0 aliphatic carbocycles. The van der Waals surface area contributed by atoms with Gasteiger partial charge in [-0.05, 0) is 30.7 Å². The Morgan fingerprint density at radius 1 is 1.00 bits per heavy atom. The van der Waals surface area contributed by atoms with Crippen LogP contribution >= 0.6 is 34.8 Å². The van der Waals surface area contributed by atoms with Crippen LogP contribution in [0, 0.1) is 6.92 Å². The molecule has 1 amide bonds. The molecule has 8 heteroatoms. The summed E-state index contributed by atoms with van der Waals surface area (Å²) < 4.78 is 2.87. The average molecular weight is 416 g/mol. The first-order valence-corrected chi connectivity index (χ1v) is 8.74. The van der Waals surface area contributed by atoms with E-state index in [1.165, 1.54) is 7.11 Å². The van der Waals surface area contributed by atoms with Gasteiger partial charge in [-0.25, -0.2) is 4.79 Å². The number of carbonyl (C=O) groups excluding carboxylic acids is 2. The van der Waals surface area contributed by atoms with Crippen molar-refractivity contribution >= 4 is 52.4 Å². The number of aryl methyl sites for hydroxylation is 1. The minimum absolute atomic E-state index is 0.249. The second kappa shape index (κ2) is 8.62. The Hall–Kier alpha value is -1.95. The van der Waals surface area contributed by atoms with E-state index in [0.717, 1.165) is 5.56 Å². The van der Waals surface area contributed by atoms with E-state index in [2.05, 4.69) is 10.6 Å². The van der Waals surface area contributed by atoms with Crippen LogP contribution in [0.1, 0.15) is 26.3 Å². The van der Waals surface area contributed by atoms with Crippen molar-refractivity contribution in [1.29, 1.82) is 0 Å². The number of amides is 1. The molecule has 0 radical (unpaired) electrons. The lowest BCUT2D eigenvalue weighted by Gasteiger charge is -2.28. The van der Waals surface area contributed by atoms with Gasteiger partial charge in [0.2, 0.25) is 3.79 Å². The number of methoxy groups -OCH3 is 1. The number of anilines is 1. The number of esters is 1. The third-order valence-electron chi connectivity index (χ3n) is 3.62. The third kappa shape index (κ3) is 5.04. The lowest BCUT2D eigenvalue weighted by Crippen LogP contribution is -2.49. The fourth-order valence-corrected chi connectivity index (χ4v) is 2.62. The minimum atomic E-state index is -1.87. The van der Waals surface area contributed by atoms with Gasteiger partial charge < -0.3 is 15.4 Å². The first-order chi connectivity index (χ1) is 12.2. The van der Waals surface area contributed by atoms with Gasteiger partial charge in [-0.15, -0.1) is 0 Å². The molecule has 0 saturated carbocycles. The Kier molecular flexibility index (Phi) is 6.75. The van der Waals surface area contributed by atoms with E-state index in [1.807, 2.05) is 6.07 Å². The van der Waals surface area contributed by atoms with Crippen molar-refractivity contribution in [2.75, 3.05) is 12.4 Å². The SMILES string of the molecule is COC(=O)c1ccccc1N[C@H](NC(=O)c1ccccc1C)C(Cl)(Cl)Cl. The van der Waals surface area contributed by atoms with Gasteiger partial charge in [0.15, 0.2) is 0 Å². The summed E-state index contributed by atoms with van der Waals surface area (Å²) in [5.41, 5.74) is 1.85. The van der Waals surface area contributed by atoms with Gasteiger partial charge in [-0.1, -0.05) is 65.1 Å². The third-order valence-corrected chi connectivity index (χ3v) is 4.28. The van der Waals surface area contributed by atoms with E-state index < -0.39 is 21.8 Å². The summed E-state index contributed by atoms with van der Waals surface area (Å²) in [4.78, 5) is 24.5. The van der Waals surface area contributed by atoms with E-state index in [0.29, 0.717) is 11.3 Å². The molecule has 0 aromatic heterocycles. The van der Waals surface area contributed by atoms with E-state index in [1.54, 1.807) is 49.4 Å². The topological polar surface area (TPSA) is 67.4 Å². The summed E-state index contributed by atoms with van der Waals surface area (Å²) in [5, 5.41) is 5.54. The van der Waals surface area contributed by atoms with Crippen LogP contribution in [0.15, 0.2) is 48.5 Å². The number of nitrogens with one attached hydrogen (secondary N) is 2. The zero-order valence-electron chi connectivity index (χ0n) is 14.1. The first-order valence-electron chi connectivity index (χ1n) is 7.61. The number of carbonyl (C=O) groups is 2. The van der Waals surface area contributed by atoms with Crippen molar-refractivity contribution in [2.24, 2.45) is 0 Å². The smallest absolute Gasteiger partial charge is 0.339 e. The lowest BCUT2D eigenvalue weighted by molar-refractivity contribution is 0.0601. The van der Waals surface area contributed by atoms with Gasteiger partial charge in [0.25, 0.3) is 5.91 Å². The molecule has 0 heterocycles. The molecule has 0 aliphatic rings. The molecule has 0 bridgehead atoms. The first kappa shape index (κ1) is 20.4. The summed E-state index contributed by atoms with van der Waals surface area (Å²) >= 11 is 18.1. The molecule has 1 atom stereocenters. The van der Waals surface area contributed by atoms with E-state index in [4.69, 9.17) is 39.5 Å².